The van der Waals surface area contributed by atoms with E-state index in [1.165, 1.54) is 19.2 Å². The largest absolute Gasteiger partial charge is 0.494 e. The quantitative estimate of drug-likeness (QED) is 0.775. The van der Waals surface area contributed by atoms with Gasteiger partial charge >= 0.3 is 0 Å². The summed E-state index contributed by atoms with van der Waals surface area (Å²) in [6.07, 6.45) is 0. The zero-order valence-electron chi connectivity index (χ0n) is 11.2. The second-order valence-corrected chi connectivity index (χ2v) is 4.55. The van der Waals surface area contributed by atoms with Crippen molar-refractivity contribution in [2.24, 2.45) is 5.73 Å². The predicted octanol–water partition coefficient (Wildman–Crippen LogP) is 2.48. The van der Waals surface area contributed by atoms with E-state index < -0.39 is 11.7 Å². The van der Waals surface area contributed by atoms with Gasteiger partial charge in [-0.15, -0.1) is 0 Å². The van der Waals surface area contributed by atoms with Crippen LogP contribution in [-0.4, -0.2) is 23.2 Å². The summed E-state index contributed by atoms with van der Waals surface area (Å²) in [6.45, 7) is 0. The minimum absolute atomic E-state index is 0.163. The summed E-state index contributed by atoms with van der Waals surface area (Å²) < 4.78 is 18.7. The number of halogens is 1. The second-order valence-electron chi connectivity index (χ2n) is 4.55. The average Bonchev–Trinajstić information content (AvgIpc) is 2.90. The summed E-state index contributed by atoms with van der Waals surface area (Å²) in [4.78, 5) is 11.3. The standard InChI is InChI=1S/C15H12FN3O2/c1-21-13-5-3-8(7-11(13)16)14-10-6-9(15(17)20)2-4-12(10)18-19-14/h2-7H,1H3,(H2,17,20)(H,18,19). The van der Waals surface area contributed by atoms with Crippen LogP contribution in [0.15, 0.2) is 36.4 Å². The molecule has 0 aliphatic carbocycles. The Hall–Kier alpha value is -2.89. The molecule has 0 bridgehead atoms. The normalized spacial score (nSPS) is 10.8. The summed E-state index contributed by atoms with van der Waals surface area (Å²) in [7, 11) is 1.40. The molecule has 0 fully saturated rings. The monoisotopic (exact) mass is 285 g/mol. The number of methoxy groups -OCH3 is 1. The van der Waals surface area contributed by atoms with Gasteiger partial charge in [0.2, 0.25) is 5.91 Å². The maximum atomic E-state index is 13.8. The predicted molar refractivity (Wildman–Crippen MR) is 76.6 cm³/mol. The number of nitrogens with one attached hydrogen (secondary N) is 1. The second kappa shape index (κ2) is 4.90. The Bertz CT molecular complexity index is 842. The van der Waals surface area contributed by atoms with E-state index in [0.717, 1.165) is 5.52 Å². The maximum Gasteiger partial charge on any atom is 0.248 e. The van der Waals surface area contributed by atoms with Gasteiger partial charge in [-0.1, -0.05) is 0 Å². The molecular formula is C15H12FN3O2. The van der Waals surface area contributed by atoms with E-state index in [2.05, 4.69) is 10.2 Å². The van der Waals surface area contributed by atoms with Crippen LogP contribution in [0.4, 0.5) is 4.39 Å². The van der Waals surface area contributed by atoms with Gasteiger partial charge in [0.25, 0.3) is 0 Å². The minimum atomic E-state index is -0.523. The lowest BCUT2D eigenvalue weighted by molar-refractivity contribution is 0.100. The van der Waals surface area contributed by atoms with Gasteiger partial charge in [0.05, 0.1) is 12.6 Å². The number of ether oxygens (including phenoxy) is 1. The number of carbonyl (C=O) groups is 1. The van der Waals surface area contributed by atoms with Gasteiger partial charge < -0.3 is 10.5 Å². The number of aromatic nitrogens is 2. The highest BCUT2D eigenvalue weighted by Crippen LogP contribution is 2.29. The minimum Gasteiger partial charge on any atom is -0.494 e. The first-order valence-electron chi connectivity index (χ1n) is 6.22. The fourth-order valence-electron chi connectivity index (χ4n) is 2.20. The number of hydrogen-bond acceptors (Lipinski definition) is 3. The summed E-state index contributed by atoms with van der Waals surface area (Å²) in [5.74, 6) is -0.835. The number of benzene rings is 2. The Morgan fingerprint density at radius 2 is 2.10 bits per heavy atom. The maximum absolute atomic E-state index is 13.8. The van der Waals surface area contributed by atoms with Crippen LogP contribution in [0, 0.1) is 5.82 Å². The van der Waals surface area contributed by atoms with E-state index in [1.807, 2.05) is 0 Å². The van der Waals surface area contributed by atoms with Gasteiger partial charge in [-0.05, 0) is 36.4 Å². The van der Waals surface area contributed by atoms with Crippen molar-refractivity contribution in [3.63, 3.8) is 0 Å². The first kappa shape index (κ1) is 13.1. The molecule has 0 radical (unpaired) electrons. The summed E-state index contributed by atoms with van der Waals surface area (Å²) in [6, 6.07) is 9.54. The first-order chi connectivity index (χ1) is 10.1. The van der Waals surface area contributed by atoms with Crippen LogP contribution in [0.5, 0.6) is 5.75 Å². The highest BCUT2D eigenvalue weighted by atomic mass is 19.1. The van der Waals surface area contributed by atoms with E-state index in [9.17, 15) is 9.18 Å². The molecule has 0 saturated heterocycles. The van der Waals surface area contributed by atoms with Crippen molar-refractivity contribution in [1.82, 2.24) is 10.2 Å². The molecule has 0 aliphatic heterocycles. The highest BCUT2D eigenvalue weighted by Gasteiger charge is 2.12. The molecule has 3 N–H and O–H groups in total. The zero-order chi connectivity index (χ0) is 15.0. The summed E-state index contributed by atoms with van der Waals surface area (Å²) >= 11 is 0. The molecule has 1 heterocycles. The van der Waals surface area contributed by atoms with Gasteiger partial charge in [0.15, 0.2) is 11.6 Å². The number of rotatable bonds is 3. The number of nitrogens with zero attached hydrogens (tertiary/aromatic N) is 1. The molecule has 0 saturated carbocycles. The van der Waals surface area contributed by atoms with Crippen molar-refractivity contribution in [1.29, 1.82) is 0 Å². The number of fused-ring (bicyclic) bond motifs is 1. The van der Waals surface area contributed by atoms with Crippen LogP contribution < -0.4 is 10.5 Å². The molecular weight excluding hydrogens is 273 g/mol. The molecule has 3 aromatic rings. The molecule has 1 amide bonds. The molecule has 0 unspecified atom stereocenters. The van der Waals surface area contributed by atoms with Crippen LogP contribution in [0.3, 0.4) is 0 Å². The van der Waals surface area contributed by atoms with Gasteiger partial charge in [-0.3, -0.25) is 9.89 Å². The van der Waals surface area contributed by atoms with E-state index in [1.54, 1.807) is 24.3 Å². The Kier molecular flexibility index (Phi) is 3.06. The Morgan fingerprint density at radius 1 is 1.29 bits per heavy atom. The van der Waals surface area contributed by atoms with E-state index >= 15 is 0 Å². The number of carbonyl (C=O) groups excluding carboxylic acids is 1. The Labute approximate surface area is 119 Å². The molecule has 6 heteroatoms. The van der Waals surface area contributed by atoms with E-state index in [0.29, 0.717) is 22.2 Å². The number of nitrogens with two attached hydrogens (primary N) is 1. The molecule has 0 atom stereocenters. The van der Waals surface area contributed by atoms with Gasteiger partial charge in [0, 0.05) is 16.5 Å². The van der Waals surface area contributed by atoms with Crippen LogP contribution in [0.1, 0.15) is 10.4 Å². The summed E-state index contributed by atoms with van der Waals surface area (Å²) in [5.41, 5.74) is 7.53. The fraction of sp³-hybridized carbons (Fsp3) is 0.0667. The van der Waals surface area contributed by atoms with Crippen LogP contribution in [0.2, 0.25) is 0 Å². The lowest BCUT2D eigenvalue weighted by Gasteiger charge is -2.04. The lowest BCUT2D eigenvalue weighted by atomic mass is 10.1. The van der Waals surface area contributed by atoms with Crippen molar-refractivity contribution < 1.29 is 13.9 Å². The van der Waals surface area contributed by atoms with Crippen LogP contribution >= 0.6 is 0 Å². The summed E-state index contributed by atoms with van der Waals surface area (Å²) in [5, 5.41) is 7.73. The molecule has 106 valence electrons. The molecule has 5 nitrogen and oxygen atoms in total. The molecule has 21 heavy (non-hydrogen) atoms. The number of primary amides is 1. The van der Waals surface area contributed by atoms with Gasteiger partial charge in [-0.25, -0.2) is 4.39 Å². The topological polar surface area (TPSA) is 81.0 Å². The Balaban J connectivity index is 2.18. The van der Waals surface area contributed by atoms with Crippen molar-refractivity contribution >= 4 is 16.8 Å². The molecule has 2 aromatic carbocycles. The average molecular weight is 285 g/mol. The molecule has 3 rings (SSSR count). The smallest absolute Gasteiger partial charge is 0.248 e. The lowest BCUT2D eigenvalue weighted by Crippen LogP contribution is -2.10. The third kappa shape index (κ3) is 2.20. The van der Waals surface area contributed by atoms with E-state index in [4.69, 9.17) is 10.5 Å². The van der Waals surface area contributed by atoms with Crippen LogP contribution in [-0.2, 0) is 0 Å². The fourth-order valence-corrected chi connectivity index (χ4v) is 2.20. The highest BCUT2D eigenvalue weighted by molar-refractivity contribution is 6.00. The molecule has 0 spiro atoms. The first-order valence-corrected chi connectivity index (χ1v) is 6.22. The van der Waals surface area contributed by atoms with Crippen molar-refractivity contribution in [2.45, 2.75) is 0 Å². The van der Waals surface area contributed by atoms with Gasteiger partial charge in [0.1, 0.15) is 5.69 Å². The van der Waals surface area contributed by atoms with Crippen LogP contribution in [0.25, 0.3) is 22.2 Å². The number of aromatic amines is 1. The molecule has 0 aliphatic rings. The van der Waals surface area contributed by atoms with Crippen molar-refractivity contribution in [3.8, 4) is 17.0 Å². The van der Waals surface area contributed by atoms with Crippen molar-refractivity contribution in [2.75, 3.05) is 7.11 Å². The number of amides is 1. The third-order valence-corrected chi connectivity index (χ3v) is 3.27. The van der Waals surface area contributed by atoms with Crippen molar-refractivity contribution in [3.05, 3.63) is 47.8 Å². The van der Waals surface area contributed by atoms with E-state index in [-0.39, 0.29) is 5.75 Å². The zero-order valence-corrected chi connectivity index (χ0v) is 11.2. The number of hydrogen-bond donors (Lipinski definition) is 2. The number of H-pyrrole nitrogens is 1. The SMILES string of the molecule is COc1ccc(-c2n[nH]c3ccc(C(N)=O)cc23)cc1F. The third-order valence-electron chi connectivity index (χ3n) is 3.27. The molecule has 1 aromatic heterocycles. The Morgan fingerprint density at radius 3 is 2.76 bits per heavy atom. The van der Waals surface area contributed by atoms with Gasteiger partial charge in [-0.2, -0.15) is 5.10 Å².